The molecule has 0 aliphatic rings. The molecule has 0 heterocycles. The zero-order chi connectivity index (χ0) is 10.6. The molecule has 0 saturated carbocycles. The highest BCUT2D eigenvalue weighted by atomic mass is 19.1. The van der Waals surface area contributed by atoms with Gasteiger partial charge in [0, 0.05) is 6.42 Å². The van der Waals surface area contributed by atoms with E-state index in [1.165, 1.54) is 0 Å². The zero-order valence-electron chi connectivity index (χ0n) is 7.59. The van der Waals surface area contributed by atoms with Gasteiger partial charge in [0.15, 0.2) is 5.78 Å². The maximum atomic E-state index is 13.0. The summed E-state index contributed by atoms with van der Waals surface area (Å²) in [5, 5.41) is 0. The Morgan fingerprint density at radius 1 is 1.36 bits per heavy atom. The Morgan fingerprint density at radius 2 is 2.07 bits per heavy atom. The number of rotatable bonds is 4. The lowest BCUT2D eigenvalue weighted by Crippen LogP contribution is -2.07. The Kier molecular flexibility index (Phi) is 3.71. The summed E-state index contributed by atoms with van der Waals surface area (Å²) < 4.78 is 25.7. The van der Waals surface area contributed by atoms with Crippen molar-refractivity contribution in [2.24, 2.45) is 5.73 Å². The van der Waals surface area contributed by atoms with Crippen LogP contribution < -0.4 is 5.73 Å². The molecule has 2 nitrogen and oxygen atoms in total. The number of carbonyl (C=O) groups is 1. The SMILES string of the molecule is NCCCC(=O)c1cc(F)ccc1F. The van der Waals surface area contributed by atoms with Crippen molar-refractivity contribution in [3.63, 3.8) is 0 Å². The van der Waals surface area contributed by atoms with E-state index in [0.29, 0.717) is 13.0 Å². The second-order valence-electron chi connectivity index (χ2n) is 2.94. The van der Waals surface area contributed by atoms with Gasteiger partial charge >= 0.3 is 0 Å². The van der Waals surface area contributed by atoms with Gasteiger partial charge in [-0.15, -0.1) is 0 Å². The van der Waals surface area contributed by atoms with Crippen molar-refractivity contribution in [2.75, 3.05) is 6.54 Å². The number of benzene rings is 1. The molecule has 76 valence electrons. The van der Waals surface area contributed by atoms with Crippen LogP contribution in [-0.4, -0.2) is 12.3 Å². The second-order valence-corrected chi connectivity index (χ2v) is 2.94. The van der Waals surface area contributed by atoms with Gasteiger partial charge in [0.05, 0.1) is 5.56 Å². The van der Waals surface area contributed by atoms with Crippen molar-refractivity contribution < 1.29 is 13.6 Å². The highest BCUT2D eigenvalue weighted by Crippen LogP contribution is 2.12. The summed E-state index contributed by atoms with van der Waals surface area (Å²) in [6.45, 7) is 0.364. The van der Waals surface area contributed by atoms with Crippen molar-refractivity contribution in [3.8, 4) is 0 Å². The molecule has 0 bridgehead atoms. The minimum Gasteiger partial charge on any atom is -0.330 e. The number of Topliss-reactive ketones (excluding diaryl/α,β-unsaturated/α-hetero) is 1. The van der Waals surface area contributed by atoms with Crippen LogP contribution >= 0.6 is 0 Å². The molecule has 0 aliphatic carbocycles. The van der Waals surface area contributed by atoms with Crippen molar-refractivity contribution in [1.29, 1.82) is 0 Å². The number of hydrogen-bond acceptors (Lipinski definition) is 2. The molecule has 1 rings (SSSR count). The maximum absolute atomic E-state index is 13.0. The van der Waals surface area contributed by atoms with E-state index in [-0.39, 0.29) is 12.0 Å². The van der Waals surface area contributed by atoms with E-state index in [2.05, 4.69) is 0 Å². The van der Waals surface area contributed by atoms with Crippen LogP contribution in [0.15, 0.2) is 18.2 Å². The van der Waals surface area contributed by atoms with Crippen LogP contribution in [-0.2, 0) is 0 Å². The molecule has 2 N–H and O–H groups in total. The molecule has 4 heteroatoms. The third kappa shape index (κ3) is 2.60. The molecule has 0 radical (unpaired) electrons. The molecule has 1 aromatic rings. The maximum Gasteiger partial charge on any atom is 0.165 e. The van der Waals surface area contributed by atoms with Gasteiger partial charge < -0.3 is 5.73 Å². The van der Waals surface area contributed by atoms with Crippen LogP contribution in [0.4, 0.5) is 8.78 Å². The van der Waals surface area contributed by atoms with Crippen LogP contribution in [0.5, 0.6) is 0 Å². The summed E-state index contributed by atoms with van der Waals surface area (Å²) in [6.07, 6.45) is 0.631. The highest BCUT2D eigenvalue weighted by Gasteiger charge is 2.11. The highest BCUT2D eigenvalue weighted by molar-refractivity contribution is 5.96. The van der Waals surface area contributed by atoms with E-state index < -0.39 is 17.4 Å². The molecule has 0 saturated heterocycles. The van der Waals surface area contributed by atoms with Crippen LogP contribution in [0.1, 0.15) is 23.2 Å². The zero-order valence-corrected chi connectivity index (χ0v) is 7.59. The fourth-order valence-corrected chi connectivity index (χ4v) is 1.11. The predicted molar refractivity (Wildman–Crippen MR) is 49.0 cm³/mol. The summed E-state index contributed by atoms with van der Waals surface area (Å²) >= 11 is 0. The Bertz CT molecular complexity index is 339. The quantitative estimate of drug-likeness (QED) is 0.752. The van der Waals surface area contributed by atoms with Gasteiger partial charge in [0.25, 0.3) is 0 Å². The number of carbonyl (C=O) groups excluding carboxylic acids is 1. The average molecular weight is 199 g/mol. The van der Waals surface area contributed by atoms with E-state index in [1.807, 2.05) is 0 Å². The number of hydrogen-bond donors (Lipinski definition) is 1. The fraction of sp³-hybridized carbons (Fsp3) is 0.300. The molecule has 0 amide bonds. The van der Waals surface area contributed by atoms with Crippen LogP contribution in [0, 0.1) is 11.6 Å². The third-order valence-corrected chi connectivity index (χ3v) is 1.84. The Morgan fingerprint density at radius 3 is 2.71 bits per heavy atom. The summed E-state index contributed by atoms with van der Waals surface area (Å²) in [4.78, 5) is 11.3. The lowest BCUT2D eigenvalue weighted by Gasteiger charge is -2.01. The van der Waals surface area contributed by atoms with Crippen molar-refractivity contribution >= 4 is 5.78 Å². The van der Waals surface area contributed by atoms with E-state index in [9.17, 15) is 13.6 Å². The Labute approximate surface area is 80.7 Å². The van der Waals surface area contributed by atoms with Crippen LogP contribution in [0.25, 0.3) is 0 Å². The molecule has 0 spiro atoms. The van der Waals surface area contributed by atoms with Gasteiger partial charge in [-0.3, -0.25) is 4.79 Å². The average Bonchev–Trinajstić information content (AvgIpc) is 2.18. The molecule has 1 aromatic carbocycles. The largest absolute Gasteiger partial charge is 0.330 e. The van der Waals surface area contributed by atoms with Crippen molar-refractivity contribution in [2.45, 2.75) is 12.8 Å². The first-order valence-corrected chi connectivity index (χ1v) is 4.33. The Balaban J connectivity index is 2.83. The predicted octanol–water partition coefficient (Wildman–Crippen LogP) is 1.89. The van der Waals surface area contributed by atoms with E-state index >= 15 is 0 Å². The Hall–Kier alpha value is -1.29. The summed E-state index contributed by atoms with van der Waals surface area (Å²) in [5.41, 5.74) is 5.01. The van der Waals surface area contributed by atoms with E-state index in [1.54, 1.807) is 0 Å². The normalized spacial score (nSPS) is 10.2. The molecule has 0 atom stereocenters. The van der Waals surface area contributed by atoms with Gasteiger partial charge in [-0.2, -0.15) is 0 Å². The van der Waals surface area contributed by atoms with Crippen LogP contribution in [0.3, 0.4) is 0 Å². The first kappa shape index (κ1) is 10.8. The number of ketones is 1. The van der Waals surface area contributed by atoms with Gasteiger partial charge in [-0.05, 0) is 31.2 Å². The molecule has 0 aliphatic heterocycles. The van der Waals surface area contributed by atoms with Gasteiger partial charge in [-0.1, -0.05) is 0 Å². The van der Waals surface area contributed by atoms with Crippen molar-refractivity contribution in [3.05, 3.63) is 35.4 Å². The minimum absolute atomic E-state index is 0.150. The smallest absolute Gasteiger partial charge is 0.165 e. The van der Waals surface area contributed by atoms with Gasteiger partial charge in [-0.25, -0.2) is 8.78 Å². The summed E-state index contributed by atoms with van der Waals surface area (Å²) in [7, 11) is 0. The monoisotopic (exact) mass is 199 g/mol. The topological polar surface area (TPSA) is 43.1 Å². The van der Waals surface area contributed by atoms with E-state index in [0.717, 1.165) is 18.2 Å². The molecule has 14 heavy (non-hydrogen) atoms. The number of nitrogens with two attached hydrogens (primary N) is 1. The first-order chi connectivity index (χ1) is 6.65. The second kappa shape index (κ2) is 4.81. The van der Waals surface area contributed by atoms with Crippen LogP contribution in [0.2, 0.25) is 0 Å². The lowest BCUT2D eigenvalue weighted by atomic mass is 10.1. The molecular weight excluding hydrogens is 188 g/mol. The number of halogens is 2. The molecule has 0 fully saturated rings. The van der Waals surface area contributed by atoms with Gasteiger partial charge in [0.2, 0.25) is 0 Å². The van der Waals surface area contributed by atoms with Crippen molar-refractivity contribution in [1.82, 2.24) is 0 Å². The summed E-state index contributed by atoms with van der Waals surface area (Å²) in [5.74, 6) is -1.71. The van der Waals surface area contributed by atoms with Gasteiger partial charge in [0.1, 0.15) is 11.6 Å². The molecular formula is C10H11F2NO. The molecule has 0 unspecified atom stereocenters. The molecule has 0 aromatic heterocycles. The van der Waals surface area contributed by atoms with E-state index in [4.69, 9.17) is 5.73 Å². The fourth-order valence-electron chi connectivity index (χ4n) is 1.11. The summed E-state index contributed by atoms with van der Waals surface area (Å²) in [6, 6.07) is 2.84. The third-order valence-electron chi connectivity index (χ3n) is 1.84. The minimum atomic E-state index is -0.687. The lowest BCUT2D eigenvalue weighted by molar-refractivity contribution is 0.0976. The standard InChI is InChI=1S/C10H11F2NO/c11-7-3-4-9(12)8(6-7)10(14)2-1-5-13/h3-4,6H,1-2,5,13H2. The first-order valence-electron chi connectivity index (χ1n) is 4.33.